The van der Waals surface area contributed by atoms with Crippen molar-refractivity contribution in [2.24, 2.45) is 0 Å². The molecule has 0 spiro atoms. The summed E-state index contributed by atoms with van der Waals surface area (Å²) in [6.07, 6.45) is 4.72. The van der Waals surface area contributed by atoms with Crippen LogP contribution in [0.2, 0.25) is 0 Å². The lowest BCUT2D eigenvalue weighted by Crippen LogP contribution is -2.07. The van der Waals surface area contributed by atoms with E-state index in [1.54, 1.807) is 0 Å². The second-order valence-electron chi connectivity index (χ2n) is 3.72. The Morgan fingerprint density at radius 1 is 1.36 bits per heavy atom. The van der Waals surface area contributed by atoms with E-state index in [4.69, 9.17) is 0 Å². The van der Waals surface area contributed by atoms with Gasteiger partial charge >= 0.3 is 0 Å². The van der Waals surface area contributed by atoms with Crippen molar-refractivity contribution in [3.05, 3.63) is 11.0 Å². The van der Waals surface area contributed by atoms with E-state index in [9.17, 15) is 0 Å². The molecule has 0 nitrogen and oxygen atoms in total. The molecule has 0 heterocycles. The number of hydrogen-bond donors (Lipinski definition) is 0. The van der Waals surface area contributed by atoms with Crippen molar-refractivity contribution in [2.75, 3.05) is 0 Å². The van der Waals surface area contributed by atoms with Crippen LogP contribution >= 0.6 is 11.8 Å². The van der Waals surface area contributed by atoms with Gasteiger partial charge in [-0.3, -0.25) is 0 Å². The van der Waals surface area contributed by atoms with E-state index in [1.807, 2.05) is 11.8 Å². The summed E-state index contributed by atoms with van der Waals surface area (Å²) >= 11 is 1.99. The van der Waals surface area contributed by atoms with Gasteiger partial charge in [-0.05, 0) is 18.2 Å². The van der Waals surface area contributed by atoms with E-state index < -0.39 is 0 Å². The molecule has 0 fully saturated rings. The average molecular weight is 172 g/mol. The van der Waals surface area contributed by atoms with E-state index in [0.717, 1.165) is 0 Å². The standard InChI is InChI=1S/C10H20S/c1-6-8-9(7-2)11-10(3,4)5/h7H,6,8H2,1-5H3/b9-7+. The summed E-state index contributed by atoms with van der Waals surface area (Å²) in [4.78, 5) is 1.53. The lowest BCUT2D eigenvalue weighted by atomic mass is 10.3. The summed E-state index contributed by atoms with van der Waals surface area (Å²) in [6, 6.07) is 0. The average Bonchev–Trinajstić information content (AvgIpc) is 1.84. The predicted octanol–water partition coefficient (Wildman–Crippen LogP) is 4.22. The van der Waals surface area contributed by atoms with Crippen molar-refractivity contribution >= 4 is 11.8 Å². The first-order chi connectivity index (χ1) is 4.99. The first-order valence-corrected chi connectivity index (χ1v) is 5.15. The van der Waals surface area contributed by atoms with E-state index in [0.29, 0.717) is 4.75 Å². The lowest BCUT2D eigenvalue weighted by Gasteiger charge is -2.19. The molecule has 0 aromatic heterocycles. The smallest absolute Gasteiger partial charge is 0.0119 e. The molecular weight excluding hydrogens is 152 g/mol. The topological polar surface area (TPSA) is 0 Å². The minimum absolute atomic E-state index is 0.372. The third-order valence-electron chi connectivity index (χ3n) is 1.26. The van der Waals surface area contributed by atoms with Gasteiger partial charge < -0.3 is 0 Å². The fourth-order valence-corrected chi connectivity index (χ4v) is 2.10. The molecule has 66 valence electrons. The van der Waals surface area contributed by atoms with Crippen molar-refractivity contribution < 1.29 is 0 Å². The van der Waals surface area contributed by atoms with Crippen LogP contribution in [0, 0.1) is 0 Å². The van der Waals surface area contributed by atoms with Crippen molar-refractivity contribution in [1.29, 1.82) is 0 Å². The van der Waals surface area contributed by atoms with Gasteiger partial charge in [0.25, 0.3) is 0 Å². The monoisotopic (exact) mass is 172 g/mol. The fraction of sp³-hybridized carbons (Fsp3) is 0.800. The van der Waals surface area contributed by atoms with Crippen LogP contribution in [0.5, 0.6) is 0 Å². The molecule has 0 atom stereocenters. The van der Waals surface area contributed by atoms with Gasteiger partial charge in [-0.1, -0.05) is 40.2 Å². The molecule has 11 heavy (non-hydrogen) atoms. The molecule has 1 heteroatoms. The third-order valence-corrected chi connectivity index (χ3v) is 2.57. The van der Waals surface area contributed by atoms with E-state index in [1.165, 1.54) is 17.7 Å². The summed E-state index contributed by atoms with van der Waals surface area (Å²) in [6.45, 7) is 11.1. The molecular formula is C10H20S. The summed E-state index contributed by atoms with van der Waals surface area (Å²) in [5.74, 6) is 0. The highest BCUT2D eigenvalue weighted by molar-refractivity contribution is 8.04. The van der Waals surface area contributed by atoms with Crippen LogP contribution in [0.15, 0.2) is 11.0 Å². The molecule has 0 N–H and O–H groups in total. The molecule has 0 aromatic rings. The number of thioether (sulfide) groups is 1. The van der Waals surface area contributed by atoms with E-state index in [-0.39, 0.29) is 0 Å². The van der Waals surface area contributed by atoms with Crippen LogP contribution in [-0.2, 0) is 0 Å². The fourth-order valence-electron chi connectivity index (χ4n) is 0.894. The Hall–Kier alpha value is 0.0900. The van der Waals surface area contributed by atoms with Crippen molar-refractivity contribution in [1.82, 2.24) is 0 Å². The van der Waals surface area contributed by atoms with Crippen molar-refractivity contribution in [2.45, 2.75) is 52.2 Å². The number of hydrogen-bond acceptors (Lipinski definition) is 1. The number of rotatable bonds is 3. The Balaban J connectivity index is 3.90. The molecule has 0 saturated carbocycles. The van der Waals surface area contributed by atoms with Gasteiger partial charge in [-0.2, -0.15) is 0 Å². The molecule has 0 aliphatic carbocycles. The second-order valence-corrected chi connectivity index (χ2v) is 5.67. The highest BCUT2D eigenvalue weighted by Gasteiger charge is 2.12. The molecule has 0 aliphatic heterocycles. The SMILES string of the molecule is C/C=C(\CCC)SC(C)(C)C. The maximum Gasteiger partial charge on any atom is 0.0119 e. The Labute approximate surface area is 75.5 Å². The first-order valence-electron chi connectivity index (χ1n) is 4.33. The summed E-state index contributed by atoms with van der Waals surface area (Å²) in [5.41, 5.74) is 0. The largest absolute Gasteiger partial charge is 0.125 e. The normalized spacial score (nSPS) is 13.7. The van der Waals surface area contributed by atoms with Crippen LogP contribution in [0.1, 0.15) is 47.5 Å². The van der Waals surface area contributed by atoms with E-state index >= 15 is 0 Å². The summed E-state index contributed by atoms with van der Waals surface area (Å²) in [5, 5.41) is 0. The molecule has 0 amide bonds. The van der Waals surface area contributed by atoms with E-state index in [2.05, 4.69) is 40.7 Å². The van der Waals surface area contributed by atoms with Crippen LogP contribution < -0.4 is 0 Å². The van der Waals surface area contributed by atoms with Gasteiger partial charge in [0.15, 0.2) is 0 Å². The van der Waals surface area contributed by atoms with Gasteiger partial charge in [0.05, 0.1) is 0 Å². The summed E-state index contributed by atoms with van der Waals surface area (Å²) < 4.78 is 0.372. The quantitative estimate of drug-likeness (QED) is 0.614. The van der Waals surface area contributed by atoms with Crippen molar-refractivity contribution in [3.63, 3.8) is 0 Å². The van der Waals surface area contributed by atoms with Crippen LogP contribution in [0.4, 0.5) is 0 Å². The van der Waals surface area contributed by atoms with Crippen LogP contribution in [-0.4, -0.2) is 4.75 Å². The molecule has 0 saturated heterocycles. The minimum Gasteiger partial charge on any atom is -0.125 e. The lowest BCUT2D eigenvalue weighted by molar-refractivity contribution is 0.802. The van der Waals surface area contributed by atoms with Crippen LogP contribution in [0.3, 0.4) is 0 Å². The van der Waals surface area contributed by atoms with Crippen LogP contribution in [0.25, 0.3) is 0 Å². The maximum atomic E-state index is 2.26. The maximum absolute atomic E-state index is 2.26. The minimum atomic E-state index is 0.372. The molecule has 0 bridgehead atoms. The molecule has 0 unspecified atom stereocenters. The van der Waals surface area contributed by atoms with Gasteiger partial charge in [-0.25, -0.2) is 0 Å². The predicted molar refractivity (Wildman–Crippen MR) is 56.0 cm³/mol. The molecule has 0 aromatic carbocycles. The van der Waals surface area contributed by atoms with Gasteiger partial charge in [0, 0.05) is 4.75 Å². The van der Waals surface area contributed by atoms with Gasteiger partial charge in [-0.15, -0.1) is 11.8 Å². The zero-order valence-electron chi connectivity index (χ0n) is 8.40. The summed E-state index contributed by atoms with van der Waals surface area (Å²) in [7, 11) is 0. The van der Waals surface area contributed by atoms with Crippen molar-refractivity contribution in [3.8, 4) is 0 Å². The second kappa shape index (κ2) is 4.87. The van der Waals surface area contributed by atoms with Gasteiger partial charge in [0.1, 0.15) is 0 Å². The molecule has 0 rings (SSSR count). The zero-order chi connectivity index (χ0) is 8.91. The first kappa shape index (κ1) is 11.1. The molecule has 0 aliphatic rings. The molecule has 0 radical (unpaired) electrons. The number of allylic oxidation sites excluding steroid dienone is 2. The Morgan fingerprint density at radius 3 is 2.18 bits per heavy atom. The highest BCUT2D eigenvalue weighted by atomic mass is 32.2. The Bertz CT molecular complexity index is 128. The Kier molecular flexibility index (Phi) is 4.91. The third kappa shape index (κ3) is 6.49. The van der Waals surface area contributed by atoms with Gasteiger partial charge in [0.2, 0.25) is 0 Å². The highest BCUT2D eigenvalue weighted by Crippen LogP contribution is 2.33. The zero-order valence-corrected chi connectivity index (χ0v) is 9.22. The Morgan fingerprint density at radius 2 is 1.91 bits per heavy atom.